The number of aryl methyl sites for hydroxylation is 1. The highest BCUT2D eigenvalue weighted by Crippen LogP contribution is 2.26. The fourth-order valence-corrected chi connectivity index (χ4v) is 3.11. The molecule has 2 fully saturated rings. The van der Waals surface area contributed by atoms with Gasteiger partial charge in [-0.05, 0) is 37.8 Å². The molecular formula is C16H22FNO2. The quantitative estimate of drug-likeness (QED) is 0.849. The molecular weight excluding hydrogens is 257 g/mol. The van der Waals surface area contributed by atoms with Gasteiger partial charge in [-0.3, -0.25) is 4.90 Å². The summed E-state index contributed by atoms with van der Waals surface area (Å²) in [4.78, 5) is 2.50. The summed E-state index contributed by atoms with van der Waals surface area (Å²) in [6.07, 6.45) is 3.43. The molecule has 3 nitrogen and oxygen atoms in total. The fourth-order valence-electron chi connectivity index (χ4n) is 3.11. The molecule has 0 spiro atoms. The van der Waals surface area contributed by atoms with Crippen LogP contribution in [0.25, 0.3) is 0 Å². The van der Waals surface area contributed by atoms with Crippen molar-refractivity contribution in [2.24, 2.45) is 0 Å². The van der Waals surface area contributed by atoms with Gasteiger partial charge < -0.3 is 9.47 Å². The lowest BCUT2D eigenvalue weighted by Crippen LogP contribution is -2.38. The molecule has 0 aromatic heterocycles. The standard InChI is InChI=1S/C16H22FNO2/c1-12-2-3-13(17)10-16(12)20-15-4-7-18(11-15)14-5-8-19-9-6-14/h2-3,10,14-15H,4-9,11H2,1H3/t15-/m0/s1. The minimum absolute atomic E-state index is 0.179. The molecule has 2 aliphatic heterocycles. The van der Waals surface area contributed by atoms with Crippen LogP contribution in [0.2, 0.25) is 0 Å². The van der Waals surface area contributed by atoms with E-state index in [1.54, 1.807) is 6.07 Å². The summed E-state index contributed by atoms with van der Waals surface area (Å²) >= 11 is 0. The van der Waals surface area contributed by atoms with Crippen LogP contribution in [-0.4, -0.2) is 43.3 Å². The van der Waals surface area contributed by atoms with Crippen molar-refractivity contribution in [3.63, 3.8) is 0 Å². The normalized spacial score (nSPS) is 25.0. The van der Waals surface area contributed by atoms with Crippen molar-refractivity contribution in [2.45, 2.75) is 38.3 Å². The third-order valence-corrected chi connectivity index (χ3v) is 4.33. The Morgan fingerprint density at radius 3 is 2.85 bits per heavy atom. The monoisotopic (exact) mass is 279 g/mol. The maximum atomic E-state index is 13.3. The smallest absolute Gasteiger partial charge is 0.126 e. The first-order valence-corrected chi connectivity index (χ1v) is 7.47. The van der Waals surface area contributed by atoms with Crippen LogP contribution >= 0.6 is 0 Å². The SMILES string of the molecule is Cc1ccc(F)cc1O[C@H]1CCN(C2CCOCC2)C1. The van der Waals surface area contributed by atoms with Crippen molar-refractivity contribution < 1.29 is 13.9 Å². The van der Waals surface area contributed by atoms with Crippen LogP contribution in [0.1, 0.15) is 24.8 Å². The molecule has 1 aromatic rings. The summed E-state index contributed by atoms with van der Waals surface area (Å²) in [6.45, 7) is 5.72. The number of rotatable bonds is 3. The summed E-state index contributed by atoms with van der Waals surface area (Å²) in [5.41, 5.74) is 0.996. The molecule has 3 rings (SSSR count). The van der Waals surface area contributed by atoms with E-state index in [-0.39, 0.29) is 11.9 Å². The first kappa shape index (κ1) is 13.8. The Morgan fingerprint density at radius 2 is 2.05 bits per heavy atom. The molecule has 0 aliphatic carbocycles. The average molecular weight is 279 g/mol. The number of hydrogen-bond donors (Lipinski definition) is 0. The van der Waals surface area contributed by atoms with Crippen molar-refractivity contribution in [3.8, 4) is 5.75 Å². The highest BCUT2D eigenvalue weighted by molar-refractivity contribution is 5.32. The van der Waals surface area contributed by atoms with Crippen LogP contribution < -0.4 is 4.74 Å². The number of nitrogens with zero attached hydrogens (tertiary/aromatic N) is 1. The Hall–Kier alpha value is -1.13. The van der Waals surface area contributed by atoms with E-state index in [2.05, 4.69) is 4.90 Å². The van der Waals surface area contributed by atoms with E-state index in [9.17, 15) is 4.39 Å². The molecule has 2 aliphatic rings. The van der Waals surface area contributed by atoms with Crippen molar-refractivity contribution in [1.82, 2.24) is 4.90 Å². The molecule has 1 atom stereocenters. The molecule has 2 saturated heterocycles. The van der Waals surface area contributed by atoms with Crippen molar-refractivity contribution in [2.75, 3.05) is 26.3 Å². The van der Waals surface area contributed by atoms with E-state index in [4.69, 9.17) is 9.47 Å². The van der Waals surface area contributed by atoms with Crippen LogP contribution in [0.5, 0.6) is 5.75 Å². The predicted octanol–water partition coefficient (Wildman–Crippen LogP) is 2.77. The third-order valence-electron chi connectivity index (χ3n) is 4.33. The number of ether oxygens (including phenoxy) is 2. The molecule has 0 saturated carbocycles. The van der Waals surface area contributed by atoms with Gasteiger partial charge in [0.2, 0.25) is 0 Å². The van der Waals surface area contributed by atoms with Gasteiger partial charge >= 0.3 is 0 Å². The highest BCUT2D eigenvalue weighted by atomic mass is 19.1. The molecule has 0 amide bonds. The maximum Gasteiger partial charge on any atom is 0.126 e. The predicted molar refractivity (Wildman–Crippen MR) is 75.6 cm³/mol. The lowest BCUT2D eigenvalue weighted by molar-refractivity contribution is 0.0387. The van der Waals surface area contributed by atoms with E-state index in [1.165, 1.54) is 12.1 Å². The van der Waals surface area contributed by atoms with Crippen LogP contribution in [-0.2, 0) is 4.74 Å². The van der Waals surface area contributed by atoms with Crippen LogP contribution in [0.3, 0.4) is 0 Å². The highest BCUT2D eigenvalue weighted by Gasteiger charge is 2.30. The molecule has 4 heteroatoms. The Kier molecular flexibility index (Phi) is 4.22. The molecule has 0 bridgehead atoms. The second-order valence-corrected chi connectivity index (χ2v) is 5.78. The van der Waals surface area contributed by atoms with Crippen LogP contribution in [0.15, 0.2) is 18.2 Å². The minimum Gasteiger partial charge on any atom is -0.489 e. The Balaban J connectivity index is 1.58. The molecule has 2 heterocycles. The van der Waals surface area contributed by atoms with Gasteiger partial charge in [0, 0.05) is 38.4 Å². The third kappa shape index (κ3) is 3.13. The molecule has 110 valence electrons. The first-order chi connectivity index (χ1) is 9.72. The second-order valence-electron chi connectivity index (χ2n) is 5.78. The first-order valence-electron chi connectivity index (χ1n) is 7.47. The zero-order valence-corrected chi connectivity index (χ0v) is 12.0. The van der Waals surface area contributed by atoms with Gasteiger partial charge in [0.15, 0.2) is 0 Å². The zero-order valence-electron chi connectivity index (χ0n) is 12.0. The van der Waals surface area contributed by atoms with Gasteiger partial charge in [0.25, 0.3) is 0 Å². The number of likely N-dealkylation sites (tertiary alicyclic amines) is 1. The number of benzene rings is 1. The summed E-state index contributed by atoms with van der Waals surface area (Å²) in [5.74, 6) is 0.453. The average Bonchev–Trinajstić information content (AvgIpc) is 2.92. The van der Waals surface area contributed by atoms with Crippen LogP contribution in [0, 0.1) is 12.7 Å². The summed E-state index contributed by atoms with van der Waals surface area (Å²) in [6, 6.07) is 5.37. The van der Waals surface area contributed by atoms with Crippen molar-refractivity contribution in [3.05, 3.63) is 29.6 Å². The molecule has 0 N–H and O–H groups in total. The maximum absolute atomic E-state index is 13.3. The van der Waals surface area contributed by atoms with Crippen molar-refractivity contribution >= 4 is 0 Å². The van der Waals surface area contributed by atoms with E-state index in [1.807, 2.05) is 6.92 Å². The molecule has 0 radical (unpaired) electrons. The fraction of sp³-hybridized carbons (Fsp3) is 0.625. The summed E-state index contributed by atoms with van der Waals surface area (Å²) in [5, 5.41) is 0. The van der Waals surface area contributed by atoms with Gasteiger partial charge in [-0.15, -0.1) is 0 Å². The molecule has 1 aromatic carbocycles. The Morgan fingerprint density at radius 1 is 1.25 bits per heavy atom. The summed E-state index contributed by atoms with van der Waals surface area (Å²) in [7, 11) is 0. The van der Waals surface area contributed by atoms with Crippen LogP contribution in [0.4, 0.5) is 4.39 Å². The Bertz CT molecular complexity index is 460. The van der Waals surface area contributed by atoms with E-state index >= 15 is 0 Å². The lowest BCUT2D eigenvalue weighted by Gasteiger charge is -2.30. The second kappa shape index (κ2) is 6.10. The van der Waals surface area contributed by atoms with Gasteiger partial charge in [-0.1, -0.05) is 6.07 Å². The van der Waals surface area contributed by atoms with E-state index in [0.29, 0.717) is 11.8 Å². The van der Waals surface area contributed by atoms with Gasteiger partial charge in [0.1, 0.15) is 17.7 Å². The minimum atomic E-state index is -0.232. The molecule has 0 unspecified atom stereocenters. The van der Waals surface area contributed by atoms with Gasteiger partial charge in [0.05, 0.1) is 0 Å². The number of hydrogen-bond acceptors (Lipinski definition) is 3. The molecule has 20 heavy (non-hydrogen) atoms. The van der Waals surface area contributed by atoms with Crippen molar-refractivity contribution in [1.29, 1.82) is 0 Å². The van der Waals surface area contributed by atoms with E-state index < -0.39 is 0 Å². The largest absolute Gasteiger partial charge is 0.489 e. The number of halogens is 1. The Labute approximate surface area is 119 Å². The zero-order chi connectivity index (χ0) is 13.9. The van der Waals surface area contributed by atoms with Gasteiger partial charge in [-0.25, -0.2) is 4.39 Å². The van der Waals surface area contributed by atoms with Gasteiger partial charge in [-0.2, -0.15) is 0 Å². The topological polar surface area (TPSA) is 21.7 Å². The lowest BCUT2D eigenvalue weighted by atomic mass is 10.1. The summed E-state index contributed by atoms with van der Waals surface area (Å²) < 4.78 is 24.7. The van der Waals surface area contributed by atoms with E-state index in [0.717, 1.165) is 51.1 Å².